The van der Waals surface area contributed by atoms with E-state index >= 15 is 0 Å². The van der Waals surface area contributed by atoms with Crippen molar-refractivity contribution < 1.29 is 22.6 Å². The topological polar surface area (TPSA) is 56.6 Å². The highest BCUT2D eigenvalue weighted by molar-refractivity contribution is 6.33. The molecule has 1 aliphatic heterocycles. The Morgan fingerprint density at radius 3 is 2.55 bits per heavy atom. The summed E-state index contributed by atoms with van der Waals surface area (Å²) >= 11 is 6.17. The summed E-state index contributed by atoms with van der Waals surface area (Å²) in [4.78, 5) is 20.0. The van der Waals surface area contributed by atoms with Crippen LogP contribution in [0, 0.1) is 6.92 Å². The van der Waals surface area contributed by atoms with Gasteiger partial charge in [0.25, 0.3) is 5.56 Å². The molecule has 0 aliphatic carbocycles. The molecule has 1 aliphatic rings. The standard InChI is InChI=1S/C21H25ClF3N3O3/c1-5-27-19(16-7-6-13(8-17(16)22)21(23,24)25)26-12(2)18(20(27)29)28-10-15(31-4)9-14(28)11-30-3/h6-8,14-15H,5,9-11H2,1-4H3/t14-,15+/m0/s1. The number of ether oxygens (including phenoxy) is 2. The maximum Gasteiger partial charge on any atom is 0.416 e. The summed E-state index contributed by atoms with van der Waals surface area (Å²) in [6.45, 7) is 4.71. The average Bonchev–Trinajstić information content (AvgIpc) is 3.10. The smallest absolute Gasteiger partial charge is 0.383 e. The number of halogens is 4. The maximum absolute atomic E-state index is 13.5. The summed E-state index contributed by atoms with van der Waals surface area (Å²) < 4.78 is 51.3. The van der Waals surface area contributed by atoms with Crippen molar-refractivity contribution in [2.75, 3.05) is 32.3 Å². The van der Waals surface area contributed by atoms with Crippen LogP contribution in [0.15, 0.2) is 23.0 Å². The number of aromatic nitrogens is 2. The monoisotopic (exact) mass is 459 g/mol. The second kappa shape index (κ2) is 9.18. The third kappa shape index (κ3) is 4.58. The van der Waals surface area contributed by atoms with Crippen molar-refractivity contribution in [3.05, 3.63) is 44.8 Å². The zero-order chi connectivity index (χ0) is 22.9. The predicted molar refractivity (Wildman–Crippen MR) is 113 cm³/mol. The molecule has 0 bridgehead atoms. The highest BCUT2D eigenvalue weighted by Gasteiger charge is 2.36. The van der Waals surface area contributed by atoms with E-state index in [-0.39, 0.29) is 40.7 Å². The van der Waals surface area contributed by atoms with E-state index in [1.807, 2.05) is 4.90 Å². The van der Waals surface area contributed by atoms with Crippen LogP contribution < -0.4 is 10.5 Å². The summed E-state index contributed by atoms with van der Waals surface area (Å²) in [7, 11) is 3.23. The Labute approximate surface area is 183 Å². The SMILES string of the molecule is CCn1c(-c2ccc(C(F)(F)F)cc2Cl)nc(C)c(N2C[C@H](OC)C[C@H]2COC)c1=O. The predicted octanol–water partition coefficient (Wildman–Crippen LogP) is 4.15. The van der Waals surface area contributed by atoms with Crippen LogP contribution in [0.4, 0.5) is 18.9 Å². The highest BCUT2D eigenvalue weighted by Crippen LogP contribution is 2.36. The van der Waals surface area contributed by atoms with Gasteiger partial charge in [-0.05, 0) is 38.5 Å². The molecular weight excluding hydrogens is 435 g/mol. The number of nitrogens with zero attached hydrogens (tertiary/aromatic N) is 3. The second-order valence-corrected chi connectivity index (χ2v) is 7.87. The van der Waals surface area contributed by atoms with Crippen molar-refractivity contribution in [2.24, 2.45) is 0 Å². The molecule has 31 heavy (non-hydrogen) atoms. The van der Waals surface area contributed by atoms with E-state index in [1.54, 1.807) is 28.1 Å². The normalized spacial score (nSPS) is 19.3. The first-order valence-corrected chi connectivity index (χ1v) is 10.3. The van der Waals surface area contributed by atoms with Gasteiger partial charge < -0.3 is 14.4 Å². The lowest BCUT2D eigenvalue weighted by Gasteiger charge is -2.27. The molecule has 6 nitrogen and oxygen atoms in total. The molecule has 0 radical (unpaired) electrons. The molecule has 2 heterocycles. The van der Waals surface area contributed by atoms with Gasteiger partial charge in [0.05, 0.1) is 35.0 Å². The van der Waals surface area contributed by atoms with Crippen molar-refractivity contribution in [3.63, 3.8) is 0 Å². The lowest BCUT2D eigenvalue weighted by molar-refractivity contribution is -0.137. The van der Waals surface area contributed by atoms with Crippen LogP contribution in [-0.4, -0.2) is 49.1 Å². The Morgan fingerprint density at radius 1 is 1.29 bits per heavy atom. The minimum atomic E-state index is -4.51. The number of methoxy groups -OCH3 is 2. The fourth-order valence-electron chi connectivity index (χ4n) is 4.02. The summed E-state index contributed by atoms with van der Waals surface area (Å²) in [5.41, 5.74) is 0.0468. The summed E-state index contributed by atoms with van der Waals surface area (Å²) in [5, 5.41) is -0.117. The molecule has 10 heteroatoms. The molecule has 0 unspecified atom stereocenters. The summed E-state index contributed by atoms with van der Waals surface area (Å²) in [6, 6.07) is 3.00. The van der Waals surface area contributed by atoms with Gasteiger partial charge in [-0.1, -0.05) is 11.6 Å². The molecule has 0 N–H and O–H groups in total. The van der Waals surface area contributed by atoms with Crippen molar-refractivity contribution in [3.8, 4) is 11.4 Å². The molecule has 2 aromatic rings. The average molecular weight is 460 g/mol. The van der Waals surface area contributed by atoms with Gasteiger partial charge in [0.1, 0.15) is 11.5 Å². The minimum Gasteiger partial charge on any atom is -0.383 e. The van der Waals surface area contributed by atoms with E-state index in [4.69, 9.17) is 21.1 Å². The molecule has 0 spiro atoms. The van der Waals surface area contributed by atoms with Gasteiger partial charge in [0.15, 0.2) is 0 Å². The third-order valence-electron chi connectivity index (χ3n) is 5.53. The largest absolute Gasteiger partial charge is 0.416 e. The quantitative estimate of drug-likeness (QED) is 0.649. The lowest BCUT2D eigenvalue weighted by atomic mass is 10.1. The van der Waals surface area contributed by atoms with Crippen molar-refractivity contribution >= 4 is 17.3 Å². The molecule has 1 aromatic heterocycles. The molecular formula is C21H25ClF3N3O3. The van der Waals surface area contributed by atoms with Gasteiger partial charge in [0, 0.05) is 32.9 Å². The number of benzene rings is 1. The van der Waals surface area contributed by atoms with Crippen LogP contribution in [-0.2, 0) is 22.2 Å². The number of hydrogen-bond acceptors (Lipinski definition) is 5. The molecule has 1 saturated heterocycles. The van der Waals surface area contributed by atoms with Crippen LogP contribution in [0.25, 0.3) is 11.4 Å². The van der Waals surface area contributed by atoms with Gasteiger partial charge in [-0.25, -0.2) is 4.98 Å². The molecule has 0 amide bonds. The number of alkyl halides is 3. The number of hydrogen-bond donors (Lipinski definition) is 0. The Morgan fingerprint density at radius 2 is 2.00 bits per heavy atom. The molecule has 1 fully saturated rings. The Kier molecular flexibility index (Phi) is 6.98. The van der Waals surface area contributed by atoms with E-state index in [0.29, 0.717) is 31.0 Å². The van der Waals surface area contributed by atoms with Crippen LogP contribution in [0.2, 0.25) is 5.02 Å². The van der Waals surface area contributed by atoms with Gasteiger partial charge in [-0.15, -0.1) is 0 Å². The van der Waals surface area contributed by atoms with Crippen molar-refractivity contribution in [1.82, 2.24) is 9.55 Å². The van der Waals surface area contributed by atoms with Gasteiger partial charge in [-0.2, -0.15) is 13.2 Å². The Balaban J connectivity index is 2.12. The van der Waals surface area contributed by atoms with E-state index in [9.17, 15) is 18.0 Å². The zero-order valence-corrected chi connectivity index (χ0v) is 18.5. The van der Waals surface area contributed by atoms with Crippen LogP contribution in [0.1, 0.15) is 24.6 Å². The first kappa shape index (κ1) is 23.6. The fraction of sp³-hybridized carbons (Fsp3) is 0.524. The zero-order valence-electron chi connectivity index (χ0n) is 17.8. The van der Waals surface area contributed by atoms with E-state index in [2.05, 4.69) is 4.98 Å². The van der Waals surface area contributed by atoms with Crippen molar-refractivity contribution in [1.29, 1.82) is 0 Å². The van der Waals surface area contributed by atoms with Gasteiger partial charge >= 0.3 is 6.18 Å². The lowest BCUT2D eigenvalue weighted by Crippen LogP contribution is -2.40. The maximum atomic E-state index is 13.5. The van der Waals surface area contributed by atoms with Crippen LogP contribution in [0.5, 0.6) is 0 Å². The third-order valence-corrected chi connectivity index (χ3v) is 5.84. The first-order valence-electron chi connectivity index (χ1n) is 9.89. The number of rotatable bonds is 6. The fourth-order valence-corrected chi connectivity index (χ4v) is 4.29. The Bertz CT molecular complexity index is 1010. The number of aryl methyl sites for hydroxylation is 1. The summed E-state index contributed by atoms with van der Waals surface area (Å²) in [6.07, 6.45) is -3.84. The van der Waals surface area contributed by atoms with Crippen LogP contribution in [0.3, 0.4) is 0 Å². The van der Waals surface area contributed by atoms with Crippen molar-refractivity contribution in [2.45, 2.75) is 45.1 Å². The Hall–Kier alpha value is -2.10. The summed E-state index contributed by atoms with van der Waals surface area (Å²) in [5.74, 6) is 0.234. The van der Waals surface area contributed by atoms with Gasteiger partial charge in [-0.3, -0.25) is 9.36 Å². The molecule has 0 saturated carbocycles. The van der Waals surface area contributed by atoms with E-state index in [1.165, 1.54) is 10.6 Å². The second-order valence-electron chi connectivity index (χ2n) is 7.47. The first-order chi connectivity index (χ1) is 14.6. The van der Waals surface area contributed by atoms with E-state index < -0.39 is 11.7 Å². The van der Waals surface area contributed by atoms with E-state index in [0.717, 1.165) is 12.1 Å². The minimum absolute atomic E-state index is 0.0435. The molecule has 170 valence electrons. The molecule has 3 rings (SSSR count). The highest BCUT2D eigenvalue weighted by atomic mass is 35.5. The van der Waals surface area contributed by atoms with Gasteiger partial charge in [0.2, 0.25) is 0 Å². The van der Waals surface area contributed by atoms with Crippen LogP contribution >= 0.6 is 11.6 Å². The molecule has 2 atom stereocenters. The molecule has 1 aromatic carbocycles. The number of anilines is 1.